The number of likely N-dealkylation sites (tertiary alicyclic amines) is 1. The van der Waals surface area contributed by atoms with Gasteiger partial charge in [0.2, 0.25) is 5.91 Å². The first-order chi connectivity index (χ1) is 16.0. The number of nitrogens with one attached hydrogen (secondary N) is 1. The van der Waals surface area contributed by atoms with E-state index >= 15 is 0 Å². The Hall–Kier alpha value is -2.83. The number of carbonyl (C=O) groups is 1. The summed E-state index contributed by atoms with van der Waals surface area (Å²) in [5.74, 6) is 1.59. The maximum Gasteiger partial charge on any atom is 0.238 e. The summed E-state index contributed by atoms with van der Waals surface area (Å²) in [4.78, 5) is 15.2. The Labute approximate surface area is 196 Å². The number of fused-ring (bicyclic) bond motifs is 1. The SMILES string of the molecule is C=CCOc1ccc([C@@H]2[C@@H]3CCCC[C@@]3(O)CCN2CC(=O)Nc2ccc(OC)cc2)cc1. The minimum Gasteiger partial charge on any atom is -0.497 e. The normalized spacial score (nSPS) is 25.0. The van der Waals surface area contributed by atoms with Crippen molar-refractivity contribution < 1.29 is 19.4 Å². The van der Waals surface area contributed by atoms with Crippen LogP contribution in [0.15, 0.2) is 61.2 Å². The molecule has 1 heterocycles. The van der Waals surface area contributed by atoms with E-state index in [0.717, 1.165) is 48.4 Å². The van der Waals surface area contributed by atoms with Crippen molar-refractivity contribution in [3.8, 4) is 11.5 Å². The van der Waals surface area contributed by atoms with Crippen molar-refractivity contribution in [1.29, 1.82) is 0 Å². The van der Waals surface area contributed by atoms with Crippen molar-refractivity contribution in [3.63, 3.8) is 0 Å². The van der Waals surface area contributed by atoms with Crippen molar-refractivity contribution in [2.75, 3.05) is 32.1 Å². The molecule has 0 spiro atoms. The Bertz CT molecular complexity index is 944. The number of piperidine rings is 1. The van der Waals surface area contributed by atoms with Gasteiger partial charge in [-0.25, -0.2) is 0 Å². The Morgan fingerprint density at radius 3 is 2.58 bits per heavy atom. The highest BCUT2D eigenvalue weighted by atomic mass is 16.5. The lowest BCUT2D eigenvalue weighted by atomic mass is 9.66. The lowest BCUT2D eigenvalue weighted by Gasteiger charge is -2.52. The van der Waals surface area contributed by atoms with E-state index in [2.05, 4.69) is 28.9 Å². The summed E-state index contributed by atoms with van der Waals surface area (Å²) in [5.41, 5.74) is 1.19. The van der Waals surface area contributed by atoms with E-state index in [-0.39, 0.29) is 24.4 Å². The molecule has 2 fully saturated rings. The number of carbonyl (C=O) groups excluding carboxylic acids is 1. The van der Waals surface area contributed by atoms with Crippen LogP contribution in [0.1, 0.15) is 43.7 Å². The summed E-state index contributed by atoms with van der Waals surface area (Å²) in [6.45, 7) is 5.11. The van der Waals surface area contributed by atoms with Gasteiger partial charge in [0.1, 0.15) is 18.1 Å². The van der Waals surface area contributed by atoms with Gasteiger partial charge in [0.15, 0.2) is 0 Å². The van der Waals surface area contributed by atoms with E-state index in [1.165, 1.54) is 0 Å². The molecule has 1 amide bonds. The molecule has 2 aromatic rings. The maximum atomic E-state index is 12.9. The largest absolute Gasteiger partial charge is 0.497 e. The van der Waals surface area contributed by atoms with E-state index in [9.17, 15) is 9.90 Å². The van der Waals surface area contributed by atoms with Crippen LogP contribution in [-0.4, -0.2) is 48.3 Å². The van der Waals surface area contributed by atoms with Crippen molar-refractivity contribution in [2.45, 2.75) is 43.7 Å². The Balaban J connectivity index is 1.53. The zero-order chi connectivity index (χ0) is 23.3. The first-order valence-corrected chi connectivity index (χ1v) is 11.8. The fourth-order valence-corrected chi connectivity index (χ4v) is 5.34. The Kier molecular flexibility index (Phi) is 7.36. The molecule has 6 nitrogen and oxygen atoms in total. The summed E-state index contributed by atoms with van der Waals surface area (Å²) in [6.07, 6.45) is 6.39. The van der Waals surface area contributed by atoms with Crippen LogP contribution in [0.2, 0.25) is 0 Å². The minimum atomic E-state index is -0.663. The Morgan fingerprint density at radius 1 is 1.15 bits per heavy atom. The van der Waals surface area contributed by atoms with Crippen LogP contribution >= 0.6 is 0 Å². The lowest BCUT2D eigenvalue weighted by molar-refractivity contribution is -0.135. The van der Waals surface area contributed by atoms with Crippen molar-refractivity contribution in [2.24, 2.45) is 5.92 Å². The van der Waals surface area contributed by atoms with Gasteiger partial charge < -0.3 is 19.9 Å². The number of methoxy groups -OCH3 is 1. The number of amides is 1. The molecule has 3 atom stereocenters. The monoisotopic (exact) mass is 450 g/mol. The van der Waals surface area contributed by atoms with Gasteiger partial charge in [-0.3, -0.25) is 9.69 Å². The zero-order valence-corrected chi connectivity index (χ0v) is 19.3. The third-order valence-electron chi connectivity index (χ3n) is 6.98. The van der Waals surface area contributed by atoms with Crippen LogP contribution in [0.5, 0.6) is 11.5 Å². The molecule has 6 heteroatoms. The number of anilines is 1. The second kappa shape index (κ2) is 10.4. The van der Waals surface area contributed by atoms with Gasteiger partial charge in [-0.15, -0.1) is 0 Å². The topological polar surface area (TPSA) is 71.0 Å². The van der Waals surface area contributed by atoms with Crippen molar-refractivity contribution in [3.05, 3.63) is 66.7 Å². The number of benzene rings is 2. The summed E-state index contributed by atoms with van der Waals surface area (Å²) >= 11 is 0. The third-order valence-corrected chi connectivity index (χ3v) is 6.98. The first-order valence-electron chi connectivity index (χ1n) is 11.8. The molecule has 33 heavy (non-hydrogen) atoms. The fraction of sp³-hybridized carbons (Fsp3) is 0.444. The third kappa shape index (κ3) is 5.40. The van der Waals surface area contributed by atoms with Crippen molar-refractivity contribution in [1.82, 2.24) is 4.90 Å². The summed E-state index contributed by atoms with van der Waals surface area (Å²) < 4.78 is 10.8. The molecule has 1 aliphatic carbocycles. The molecule has 2 aromatic carbocycles. The van der Waals surface area contributed by atoms with Gasteiger partial charge in [0, 0.05) is 24.2 Å². The van der Waals surface area contributed by atoms with Gasteiger partial charge in [0.25, 0.3) is 0 Å². The quantitative estimate of drug-likeness (QED) is 0.577. The highest BCUT2D eigenvalue weighted by Gasteiger charge is 2.49. The van der Waals surface area contributed by atoms with E-state index in [4.69, 9.17) is 9.47 Å². The van der Waals surface area contributed by atoms with Crippen LogP contribution in [0.25, 0.3) is 0 Å². The van der Waals surface area contributed by atoms with Gasteiger partial charge in [-0.05, 0) is 61.2 Å². The fourth-order valence-electron chi connectivity index (χ4n) is 5.34. The van der Waals surface area contributed by atoms with Gasteiger partial charge in [-0.1, -0.05) is 37.6 Å². The molecule has 0 aromatic heterocycles. The van der Waals surface area contributed by atoms with Gasteiger partial charge in [0.05, 0.1) is 19.3 Å². The molecule has 1 saturated carbocycles. The molecule has 4 rings (SSSR count). The number of hydrogen-bond acceptors (Lipinski definition) is 5. The van der Waals surface area contributed by atoms with Crippen LogP contribution < -0.4 is 14.8 Å². The Morgan fingerprint density at radius 2 is 1.88 bits per heavy atom. The van der Waals surface area contributed by atoms with E-state index in [0.29, 0.717) is 19.6 Å². The van der Waals surface area contributed by atoms with Crippen molar-refractivity contribution >= 4 is 11.6 Å². The summed E-state index contributed by atoms with van der Waals surface area (Å²) in [7, 11) is 1.62. The second-order valence-corrected chi connectivity index (χ2v) is 9.07. The number of hydrogen-bond donors (Lipinski definition) is 2. The predicted octanol–water partition coefficient (Wildman–Crippen LogP) is 4.57. The molecular weight excluding hydrogens is 416 g/mol. The highest BCUT2D eigenvalue weighted by Crippen LogP contribution is 2.49. The molecule has 0 radical (unpaired) electrons. The number of nitrogens with zero attached hydrogens (tertiary/aromatic N) is 1. The minimum absolute atomic E-state index is 0.0147. The van der Waals surface area contributed by atoms with Gasteiger partial charge >= 0.3 is 0 Å². The summed E-state index contributed by atoms with van der Waals surface area (Å²) in [6, 6.07) is 15.4. The van der Waals surface area contributed by atoms with Gasteiger partial charge in [-0.2, -0.15) is 0 Å². The van der Waals surface area contributed by atoms with E-state index in [1.54, 1.807) is 13.2 Å². The van der Waals surface area contributed by atoms with E-state index in [1.807, 2.05) is 36.4 Å². The first kappa shape index (κ1) is 23.3. The number of rotatable bonds is 8. The average molecular weight is 451 g/mol. The van der Waals surface area contributed by atoms with Crippen LogP contribution in [0.3, 0.4) is 0 Å². The molecule has 0 unspecified atom stereocenters. The average Bonchev–Trinajstić information content (AvgIpc) is 2.83. The van der Waals surface area contributed by atoms with Crippen LogP contribution in [0, 0.1) is 5.92 Å². The maximum absolute atomic E-state index is 12.9. The van der Waals surface area contributed by atoms with Crippen LogP contribution in [0.4, 0.5) is 5.69 Å². The zero-order valence-electron chi connectivity index (χ0n) is 19.3. The lowest BCUT2D eigenvalue weighted by Crippen LogP contribution is -2.56. The highest BCUT2D eigenvalue weighted by molar-refractivity contribution is 5.92. The molecule has 1 saturated heterocycles. The molecular formula is C27H34N2O4. The molecule has 1 aliphatic heterocycles. The second-order valence-electron chi connectivity index (χ2n) is 9.07. The number of aliphatic hydroxyl groups is 1. The standard InChI is InChI=1S/C27H34N2O4/c1-3-18-33-23-11-7-20(8-12-23)26-24-6-4-5-15-27(24,31)16-17-29(26)19-25(30)28-21-9-13-22(32-2)14-10-21/h3,7-14,24,26,31H,1,4-6,15-19H2,2H3,(H,28,30)/t24-,26+,27+/m0/s1. The number of ether oxygens (including phenoxy) is 2. The summed E-state index contributed by atoms with van der Waals surface area (Å²) in [5, 5.41) is 14.5. The predicted molar refractivity (Wildman–Crippen MR) is 130 cm³/mol. The molecule has 2 N–H and O–H groups in total. The molecule has 2 aliphatic rings. The molecule has 0 bridgehead atoms. The molecule has 176 valence electrons. The smallest absolute Gasteiger partial charge is 0.238 e. The van der Waals surface area contributed by atoms with E-state index < -0.39 is 5.60 Å². The van der Waals surface area contributed by atoms with Crippen LogP contribution in [-0.2, 0) is 4.79 Å².